The Morgan fingerprint density at radius 1 is 1.36 bits per heavy atom. The van der Waals surface area contributed by atoms with Gasteiger partial charge in [-0.15, -0.1) is 5.10 Å². The number of nitrogens with zero attached hydrogens (tertiary/aromatic N) is 3. The Kier molecular flexibility index (Phi) is 2.26. The molecule has 0 saturated carbocycles. The second-order valence-electron chi connectivity index (χ2n) is 2.94. The standard InChI is InChI=1S/C10H10FN3/c1-2-14-7-10(12-13-14)8-5-3-4-6-9(8)11/h3-7H,2H2,1H3. The first-order valence-electron chi connectivity index (χ1n) is 4.46. The zero-order valence-electron chi connectivity index (χ0n) is 7.81. The fraction of sp³-hybridized carbons (Fsp3) is 0.200. The summed E-state index contributed by atoms with van der Waals surface area (Å²) in [6.45, 7) is 2.70. The van der Waals surface area contributed by atoms with E-state index in [-0.39, 0.29) is 5.82 Å². The maximum atomic E-state index is 13.3. The van der Waals surface area contributed by atoms with Gasteiger partial charge < -0.3 is 0 Å². The molecule has 3 nitrogen and oxygen atoms in total. The minimum atomic E-state index is -0.268. The quantitative estimate of drug-likeness (QED) is 0.727. The molecular weight excluding hydrogens is 181 g/mol. The molecule has 72 valence electrons. The molecular formula is C10H10FN3. The molecule has 0 fully saturated rings. The summed E-state index contributed by atoms with van der Waals surface area (Å²) in [5.41, 5.74) is 1.07. The molecule has 2 rings (SSSR count). The molecule has 0 aliphatic heterocycles. The largest absolute Gasteiger partial charge is 0.252 e. The number of rotatable bonds is 2. The number of aromatic nitrogens is 3. The van der Waals surface area contributed by atoms with Crippen molar-refractivity contribution in [3.63, 3.8) is 0 Å². The predicted octanol–water partition coefficient (Wildman–Crippen LogP) is 2.10. The molecule has 2 aromatic rings. The van der Waals surface area contributed by atoms with Gasteiger partial charge >= 0.3 is 0 Å². The van der Waals surface area contributed by atoms with Gasteiger partial charge in [-0.2, -0.15) is 0 Å². The summed E-state index contributed by atoms with van der Waals surface area (Å²) in [5.74, 6) is -0.268. The smallest absolute Gasteiger partial charge is 0.132 e. The van der Waals surface area contributed by atoms with Crippen LogP contribution in [0.3, 0.4) is 0 Å². The molecule has 0 atom stereocenters. The molecule has 0 aliphatic carbocycles. The highest BCUT2D eigenvalue weighted by atomic mass is 19.1. The van der Waals surface area contributed by atoms with Gasteiger partial charge in [0.15, 0.2) is 0 Å². The molecule has 0 saturated heterocycles. The Bertz CT molecular complexity index is 436. The van der Waals surface area contributed by atoms with E-state index in [0.29, 0.717) is 11.3 Å². The highest BCUT2D eigenvalue weighted by molar-refractivity contribution is 5.58. The van der Waals surface area contributed by atoms with Crippen LogP contribution in [0.15, 0.2) is 30.5 Å². The number of aryl methyl sites for hydroxylation is 1. The van der Waals surface area contributed by atoms with Gasteiger partial charge in [0.05, 0.1) is 6.20 Å². The van der Waals surface area contributed by atoms with Gasteiger partial charge in [-0.05, 0) is 19.1 Å². The van der Waals surface area contributed by atoms with Gasteiger partial charge in [0.25, 0.3) is 0 Å². The molecule has 0 aliphatic rings. The van der Waals surface area contributed by atoms with Crippen molar-refractivity contribution < 1.29 is 4.39 Å². The number of halogens is 1. The topological polar surface area (TPSA) is 30.7 Å². The van der Waals surface area contributed by atoms with Crippen molar-refractivity contribution in [3.05, 3.63) is 36.3 Å². The number of benzene rings is 1. The second kappa shape index (κ2) is 3.57. The third kappa shape index (κ3) is 1.51. The van der Waals surface area contributed by atoms with Gasteiger partial charge in [-0.3, -0.25) is 4.68 Å². The summed E-state index contributed by atoms with van der Waals surface area (Å²) in [4.78, 5) is 0. The fourth-order valence-corrected chi connectivity index (χ4v) is 1.25. The average Bonchev–Trinajstić information content (AvgIpc) is 2.67. The zero-order valence-corrected chi connectivity index (χ0v) is 7.81. The van der Waals surface area contributed by atoms with Gasteiger partial charge in [0.1, 0.15) is 11.5 Å². The first kappa shape index (κ1) is 8.87. The lowest BCUT2D eigenvalue weighted by Gasteiger charge is -1.96. The maximum Gasteiger partial charge on any atom is 0.132 e. The lowest BCUT2D eigenvalue weighted by atomic mass is 10.1. The van der Waals surface area contributed by atoms with Crippen LogP contribution in [-0.4, -0.2) is 15.0 Å². The Labute approximate surface area is 81.2 Å². The normalized spacial score (nSPS) is 10.4. The van der Waals surface area contributed by atoms with E-state index < -0.39 is 0 Å². The van der Waals surface area contributed by atoms with Crippen LogP contribution in [0.2, 0.25) is 0 Å². The van der Waals surface area contributed by atoms with E-state index in [1.807, 2.05) is 6.92 Å². The van der Waals surface area contributed by atoms with Gasteiger partial charge in [0, 0.05) is 12.1 Å². The first-order chi connectivity index (χ1) is 6.81. The van der Waals surface area contributed by atoms with Crippen LogP contribution in [-0.2, 0) is 6.54 Å². The Morgan fingerprint density at radius 2 is 2.14 bits per heavy atom. The second-order valence-corrected chi connectivity index (χ2v) is 2.94. The number of hydrogen-bond acceptors (Lipinski definition) is 2. The van der Waals surface area contributed by atoms with E-state index in [2.05, 4.69) is 10.3 Å². The Morgan fingerprint density at radius 3 is 2.79 bits per heavy atom. The fourth-order valence-electron chi connectivity index (χ4n) is 1.25. The van der Waals surface area contributed by atoms with Crippen molar-refractivity contribution in [1.29, 1.82) is 0 Å². The lowest BCUT2D eigenvalue weighted by molar-refractivity contribution is 0.626. The van der Waals surface area contributed by atoms with Crippen molar-refractivity contribution in [2.75, 3.05) is 0 Å². The van der Waals surface area contributed by atoms with Crippen molar-refractivity contribution in [2.45, 2.75) is 13.5 Å². The van der Waals surface area contributed by atoms with Crippen LogP contribution < -0.4 is 0 Å². The molecule has 0 N–H and O–H groups in total. The molecule has 0 radical (unpaired) electrons. The van der Waals surface area contributed by atoms with Crippen LogP contribution in [0, 0.1) is 5.82 Å². The van der Waals surface area contributed by atoms with Crippen LogP contribution in [0.4, 0.5) is 4.39 Å². The maximum absolute atomic E-state index is 13.3. The average molecular weight is 191 g/mol. The summed E-state index contributed by atoms with van der Waals surface area (Å²) in [5, 5.41) is 7.74. The molecule has 0 spiro atoms. The van der Waals surface area contributed by atoms with Crippen molar-refractivity contribution in [3.8, 4) is 11.3 Å². The minimum Gasteiger partial charge on any atom is -0.252 e. The van der Waals surface area contributed by atoms with Crippen molar-refractivity contribution in [1.82, 2.24) is 15.0 Å². The van der Waals surface area contributed by atoms with Crippen LogP contribution >= 0.6 is 0 Å². The van der Waals surface area contributed by atoms with Crippen molar-refractivity contribution >= 4 is 0 Å². The van der Waals surface area contributed by atoms with Gasteiger partial charge in [0.2, 0.25) is 0 Å². The highest BCUT2D eigenvalue weighted by Gasteiger charge is 2.07. The van der Waals surface area contributed by atoms with Gasteiger partial charge in [-0.25, -0.2) is 4.39 Å². The Balaban J connectivity index is 2.44. The first-order valence-corrected chi connectivity index (χ1v) is 4.46. The van der Waals surface area contributed by atoms with E-state index in [0.717, 1.165) is 6.54 Å². The summed E-state index contributed by atoms with van der Waals surface area (Å²) < 4.78 is 15.0. The van der Waals surface area contributed by atoms with E-state index in [1.165, 1.54) is 6.07 Å². The molecule has 1 heterocycles. The molecule has 1 aromatic heterocycles. The molecule has 0 bridgehead atoms. The molecule has 1 aromatic carbocycles. The van der Waals surface area contributed by atoms with Gasteiger partial charge in [-0.1, -0.05) is 17.3 Å². The third-order valence-corrected chi connectivity index (χ3v) is 2.01. The highest BCUT2D eigenvalue weighted by Crippen LogP contribution is 2.19. The van der Waals surface area contributed by atoms with Crippen LogP contribution in [0.1, 0.15) is 6.92 Å². The summed E-state index contributed by atoms with van der Waals surface area (Å²) in [6.07, 6.45) is 1.73. The minimum absolute atomic E-state index is 0.268. The molecule has 14 heavy (non-hydrogen) atoms. The summed E-state index contributed by atoms with van der Waals surface area (Å²) in [7, 11) is 0. The zero-order chi connectivity index (χ0) is 9.97. The summed E-state index contributed by atoms with van der Waals surface area (Å²) >= 11 is 0. The van der Waals surface area contributed by atoms with Crippen molar-refractivity contribution in [2.24, 2.45) is 0 Å². The van der Waals surface area contributed by atoms with E-state index in [1.54, 1.807) is 29.1 Å². The predicted molar refractivity (Wildman–Crippen MR) is 51.1 cm³/mol. The number of hydrogen-bond donors (Lipinski definition) is 0. The lowest BCUT2D eigenvalue weighted by Crippen LogP contribution is -1.93. The van der Waals surface area contributed by atoms with E-state index in [9.17, 15) is 4.39 Å². The van der Waals surface area contributed by atoms with E-state index >= 15 is 0 Å². The molecule has 0 amide bonds. The SMILES string of the molecule is CCn1cc(-c2ccccc2F)nn1. The van der Waals surface area contributed by atoms with Crippen LogP contribution in [0.5, 0.6) is 0 Å². The molecule has 4 heteroatoms. The van der Waals surface area contributed by atoms with Crippen LogP contribution in [0.25, 0.3) is 11.3 Å². The summed E-state index contributed by atoms with van der Waals surface area (Å²) in [6, 6.07) is 6.55. The Hall–Kier alpha value is -1.71. The molecule has 0 unspecified atom stereocenters. The monoisotopic (exact) mass is 191 g/mol. The van der Waals surface area contributed by atoms with E-state index in [4.69, 9.17) is 0 Å². The third-order valence-electron chi connectivity index (χ3n) is 2.01.